The van der Waals surface area contributed by atoms with Crippen molar-refractivity contribution in [1.82, 2.24) is 0 Å². The Morgan fingerprint density at radius 3 is 2.23 bits per heavy atom. The van der Waals surface area contributed by atoms with Crippen molar-refractivity contribution in [2.24, 2.45) is 5.73 Å². The maximum absolute atomic E-state index is 7.10. The third-order valence-corrected chi connectivity index (χ3v) is 2.11. The Bertz CT molecular complexity index is 275. The maximum atomic E-state index is 7.10. The van der Waals surface area contributed by atoms with Crippen LogP contribution in [0.3, 0.4) is 0 Å². The Morgan fingerprint density at radius 1 is 1.23 bits per heavy atom. The van der Waals surface area contributed by atoms with Crippen molar-refractivity contribution >= 4 is 5.84 Å². The molecular weight excluding hydrogens is 160 g/mol. The molecule has 0 saturated carbocycles. The fourth-order valence-corrected chi connectivity index (χ4v) is 1.22. The summed E-state index contributed by atoms with van der Waals surface area (Å²) in [5, 5.41) is 7.10. The van der Waals surface area contributed by atoms with Gasteiger partial charge in [0.15, 0.2) is 0 Å². The Kier molecular flexibility index (Phi) is 3.50. The minimum absolute atomic E-state index is 0.263. The molecule has 0 heterocycles. The number of nitrogens with two attached hydrogens (primary N) is 1. The monoisotopic (exact) mass is 176 g/mol. The van der Waals surface area contributed by atoms with E-state index < -0.39 is 0 Å². The van der Waals surface area contributed by atoms with Crippen molar-refractivity contribution in [2.75, 3.05) is 0 Å². The average Bonchev–Trinajstić information content (AvgIpc) is 2.15. The zero-order chi connectivity index (χ0) is 9.68. The summed E-state index contributed by atoms with van der Waals surface area (Å²) in [6.07, 6.45) is 2.61. The summed E-state index contributed by atoms with van der Waals surface area (Å²) >= 11 is 0. The van der Waals surface area contributed by atoms with E-state index in [0.29, 0.717) is 6.42 Å². The lowest BCUT2D eigenvalue weighted by Crippen LogP contribution is -2.10. The predicted octanol–water partition coefficient (Wildman–Crippen LogP) is 2.12. The first-order valence-corrected chi connectivity index (χ1v) is 4.63. The van der Waals surface area contributed by atoms with Crippen molar-refractivity contribution in [2.45, 2.75) is 26.2 Å². The summed E-state index contributed by atoms with van der Waals surface area (Å²) in [7, 11) is 0. The molecule has 0 aliphatic rings. The van der Waals surface area contributed by atoms with Gasteiger partial charge in [-0.2, -0.15) is 0 Å². The molecule has 0 aliphatic carbocycles. The van der Waals surface area contributed by atoms with E-state index in [1.54, 1.807) is 0 Å². The van der Waals surface area contributed by atoms with Crippen LogP contribution in [-0.4, -0.2) is 5.84 Å². The number of benzene rings is 1. The molecule has 0 amide bonds. The molecule has 0 fully saturated rings. The molecule has 13 heavy (non-hydrogen) atoms. The van der Waals surface area contributed by atoms with Crippen LogP contribution in [0.4, 0.5) is 0 Å². The van der Waals surface area contributed by atoms with Crippen LogP contribution in [-0.2, 0) is 12.8 Å². The Balaban J connectivity index is 2.54. The van der Waals surface area contributed by atoms with Crippen molar-refractivity contribution in [1.29, 1.82) is 5.41 Å². The van der Waals surface area contributed by atoms with Crippen LogP contribution < -0.4 is 5.73 Å². The van der Waals surface area contributed by atoms with Gasteiger partial charge in [0.2, 0.25) is 0 Å². The van der Waals surface area contributed by atoms with Gasteiger partial charge in [0.05, 0.1) is 5.84 Å². The van der Waals surface area contributed by atoms with Crippen molar-refractivity contribution in [3.63, 3.8) is 0 Å². The molecule has 1 aromatic rings. The number of nitrogens with one attached hydrogen (secondary N) is 1. The molecule has 0 saturated heterocycles. The second kappa shape index (κ2) is 4.65. The number of aryl methyl sites for hydroxylation is 2. The molecule has 0 spiro atoms. The molecule has 2 heteroatoms. The van der Waals surface area contributed by atoms with E-state index in [0.717, 1.165) is 12.8 Å². The summed E-state index contributed by atoms with van der Waals surface area (Å²) in [5.74, 6) is 0.263. The lowest BCUT2D eigenvalue weighted by molar-refractivity contribution is 1.01. The zero-order valence-corrected chi connectivity index (χ0v) is 8.01. The summed E-state index contributed by atoms with van der Waals surface area (Å²) in [5.41, 5.74) is 7.89. The van der Waals surface area contributed by atoms with E-state index in [2.05, 4.69) is 31.2 Å². The summed E-state index contributed by atoms with van der Waals surface area (Å²) in [4.78, 5) is 0. The van der Waals surface area contributed by atoms with Gasteiger partial charge in [0.1, 0.15) is 0 Å². The van der Waals surface area contributed by atoms with Gasteiger partial charge in [0, 0.05) is 6.42 Å². The second-order valence-corrected chi connectivity index (χ2v) is 3.20. The fourth-order valence-electron chi connectivity index (χ4n) is 1.22. The first-order valence-electron chi connectivity index (χ1n) is 4.63. The van der Waals surface area contributed by atoms with Crippen molar-refractivity contribution < 1.29 is 0 Å². The molecule has 3 N–H and O–H groups in total. The van der Waals surface area contributed by atoms with Crippen LogP contribution >= 0.6 is 0 Å². The molecule has 0 atom stereocenters. The molecule has 70 valence electrons. The van der Waals surface area contributed by atoms with Gasteiger partial charge in [-0.25, -0.2) is 0 Å². The number of amidine groups is 1. The SMILES string of the molecule is CCc1ccc(CCC(=N)N)cc1. The Hall–Kier alpha value is -1.31. The highest BCUT2D eigenvalue weighted by atomic mass is 14.7. The normalized spacial score (nSPS) is 9.92. The van der Waals surface area contributed by atoms with E-state index in [9.17, 15) is 0 Å². The summed E-state index contributed by atoms with van der Waals surface area (Å²) in [6, 6.07) is 8.49. The minimum Gasteiger partial charge on any atom is -0.388 e. The van der Waals surface area contributed by atoms with Crippen LogP contribution in [0.5, 0.6) is 0 Å². The third kappa shape index (κ3) is 3.28. The van der Waals surface area contributed by atoms with Crippen LogP contribution in [0, 0.1) is 5.41 Å². The maximum Gasteiger partial charge on any atom is 0.0908 e. The van der Waals surface area contributed by atoms with E-state index in [4.69, 9.17) is 11.1 Å². The number of rotatable bonds is 4. The predicted molar refractivity (Wildman–Crippen MR) is 56.1 cm³/mol. The highest BCUT2D eigenvalue weighted by Gasteiger charge is 1.94. The fraction of sp³-hybridized carbons (Fsp3) is 0.364. The molecule has 0 bridgehead atoms. The number of hydrogen-bond acceptors (Lipinski definition) is 1. The minimum atomic E-state index is 0.263. The van der Waals surface area contributed by atoms with Gasteiger partial charge in [-0.3, -0.25) is 5.41 Å². The average molecular weight is 176 g/mol. The second-order valence-electron chi connectivity index (χ2n) is 3.20. The van der Waals surface area contributed by atoms with Crippen molar-refractivity contribution in [3.8, 4) is 0 Å². The van der Waals surface area contributed by atoms with Gasteiger partial charge in [0.25, 0.3) is 0 Å². The van der Waals surface area contributed by atoms with Gasteiger partial charge < -0.3 is 5.73 Å². The van der Waals surface area contributed by atoms with Crippen LogP contribution in [0.15, 0.2) is 24.3 Å². The van der Waals surface area contributed by atoms with E-state index in [1.165, 1.54) is 11.1 Å². The van der Waals surface area contributed by atoms with Crippen molar-refractivity contribution in [3.05, 3.63) is 35.4 Å². The van der Waals surface area contributed by atoms with Crippen LogP contribution in [0.2, 0.25) is 0 Å². The summed E-state index contributed by atoms with van der Waals surface area (Å²) < 4.78 is 0. The standard InChI is InChI=1S/C11H16N2/c1-2-9-3-5-10(6-4-9)7-8-11(12)13/h3-6H,2,7-8H2,1H3,(H3,12,13). The smallest absolute Gasteiger partial charge is 0.0908 e. The highest BCUT2D eigenvalue weighted by molar-refractivity contribution is 5.77. The van der Waals surface area contributed by atoms with E-state index in [-0.39, 0.29) is 5.84 Å². The molecule has 0 aromatic heterocycles. The van der Waals surface area contributed by atoms with Gasteiger partial charge >= 0.3 is 0 Å². The quantitative estimate of drug-likeness (QED) is 0.536. The largest absolute Gasteiger partial charge is 0.388 e. The molecular formula is C11H16N2. The topological polar surface area (TPSA) is 49.9 Å². The van der Waals surface area contributed by atoms with Crippen LogP contribution in [0.25, 0.3) is 0 Å². The molecule has 1 rings (SSSR count). The van der Waals surface area contributed by atoms with Gasteiger partial charge in [-0.05, 0) is 24.0 Å². The van der Waals surface area contributed by atoms with Gasteiger partial charge in [-0.15, -0.1) is 0 Å². The first-order chi connectivity index (χ1) is 6.22. The molecule has 0 radical (unpaired) electrons. The highest BCUT2D eigenvalue weighted by Crippen LogP contribution is 2.06. The summed E-state index contributed by atoms with van der Waals surface area (Å²) in [6.45, 7) is 2.14. The Morgan fingerprint density at radius 2 is 1.77 bits per heavy atom. The van der Waals surface area contributed by atoms with Gasteiger partial charge in [-0.1, -0.05) is 31.2 Å². The van der Waals surface area contributed by atoms with E-state index in [1.807, 2.05) is 0 Å². The molecule has 0 aliphatic heterocycles. The third-order valence-electron chi connectivity index (χ3n) is 2.11. The van der Waals surface area contributed by atoms with E-state index >= 15 is 0 Å². The lowest BCUT2D eigenvalue weighted by atomic mass is 10.1. The molecule has 1 aromatic carbocycles. The molecule has 0 unspecified atom stereocenters. The molecule has 2 nitrogen and oxygen atoms in total. The van der Waals surface area contributed by atoms with Crippen LogP contribution in [0.1, 0.15) is 24.5 Å². The zero-order valence-electron chi connectivity index (χ0n) is 8.01. The lowest BCUT2D eigenvalue weighted by Gasteiger charge is -2.01. The number of hydrogen-bond donors (Lipinski definition) is 2. The first kappa shape index (κ1) is 9.78. The Labute approximate surface area is 79.3 Å².